The van der Waals surface area contributed by atoms with Gasteiger partial charge in [0, 0.05) is 32.8 Å². The van der Waals surface area contributed by atoms with Crippen molar-refractivity contribution in [3.05, 3.63) is 0 Å². The van der Waals surface area contributed by atoms with Gasteiger partial charge in [0.1, 0.15) is 0 Å². The Bertz CT molecular complexity index is 158. The number of hydrogen-bond acceptors (Lipinski definition) is 3. The van der Waals surface area contributed by atoms with Crippen molar-refractivity contribution in [2.45, 2.75) is 25.3 Å². The molecule has 1 N–H and O–H groups in total. The van der Waals surface area contributed by atoms with Gasteiger partial charge < -0.3 is 10.1 Å². The predicted molar refractivity (Wildman–Crippen MR) is 59.9 cm³/mol. The molecule has 1 rings (SSSR count). The highest BCUT2D eigenvalue weighted by molar-refractivity contribution is 4.80. The summed E-state index contributed by atoms with van der Waals surface area (Å²) in [5.74, 6) is 0. The number of methoxy groups -OCH3 is 1. The van der Waals surface area contributed by atoms with Gasteiger partial charge in [0.15, 0.2) is 0 Å². The molecule has 90 valence electrons. The van der Waals surface area contributed by atoms with Crippen molar-refractivity contribution < 1.29 is 9.13 Å². The lowest BCUT2D eigenvalue weighted by atomic mass is 10.2. The molecule has 0 radical (unpaired) electrons. The highest BCUT2D eigenvalue weighted by Gasteiger charge is 2.22. The average Bonchev–Trinajstić information content (AvgIpc) is 2.69. The molecule has 0 saturated carbocycles. The minimum absolute atomic E-state index is 0.194. The Kier molecular flexibility index (Phi) is 6.88. The van der Waals surface area contributed by atoms with Gasteiger partial charge in [0.05, 0.1) is 13.3 Å². The smallest absolute Gasteiger partial charge is 0.0906 e. The summed E-state index contributed by atoms with van der Waals surface area (Å²) in [6.45, 7) is 4.53. The molecule has 1 saturated heterocycles. The van der Waals surface area contributed by atoms with E-state index in [0.29, 0.717) is 12.5 Å². The molecule has 0 amide bonds. The molecular weight excluding hydrogens is 195 g/mol. The second-order valence-electron chi connectivity index (χ2n) is 4.07. The lowest BCUT2D eigenvalue weighted by Crippen LogP contribution is -2.39. The van der Waals surface area contributed by atoms with Crippen LogP contribution < -0.4 is 5.32 Å². The third-order valence-corrected chi connectivity index (χ3v) is 2.94. The molecule has 4 heteroatoms. The summed E-state index contributed by atoms with van der Waals surface area (Å²) in [5.41, 5.74) is 0. The minimum atomic E-state index is -0.194. The van der Waals surface area contributed by atoms with E-state index < -0.39 is 0 Å². The molecule has 3 nitrogen and oxygen atoms in total. The van der Waals surface area contributed by atoms with Crippen LogP contribution >= 0.6 is 0 Å². The Balaban J connectivity index is 2.09. The third kappa shape index (κ3) is 4.91. The van der Waals surface area contributed by atoms with Crippen LogP contribution in [-0.2, 0) is 4.74 Å². The summed E-state index contributed by atoms with van der Waals surface area (Å²) in [7, 11) is 1.71. The Hall–Kier alpha value is -0.190. The molecule has 1 fully saturated rings. The predicted octanol–water partition coefficient (Wildman–Crippen LogP) is 1.05. The van der Waals surface area contributed by atoms with Crippen molar-refractivity contribution in [1.29, 1.82) is 0 Å². The fourth-order valence-corrected chi connectivity index (χ4v) is 2.13. The molecule has 1 unspecified atom stereocenters. The lowest BCUT2D eigenvalue weighted by Gasteiger charge is -2.24. The van der Waals surface area contributed by atoms with E-state index in [2.05, 4.69) is 10.2 Å². The van der Waals surface area contributed by atoms with Gasteiger partial charge >= 0.3 is 0 Å². The van der Waals surface area contributed by atoms with Crippen LogP contribution in [-0.4, -0.2) is 57.5 Å². The van der Waals surface area contributed by atoms with Gasteiger partial charge in [0.25, 0.3) is 0 Å². The Morgan fingerprint density at radius 1 is 1.53 bits per heavy atom. The number of nitrogens with one attached hydrogen (secondary N) is 1. The first-order chi connectivity index (χ1) is 7.38. The number of ether oxygens (including phenoxy) is 1. The normalized spacial score (nSPS) is 22.4. The van der Waals surface area contributed by atoms with Crippen LogP contribution in [0, 0.1) is 0 Å². The average molecular weight is 218 g/mol. The summed E-state index contributed by atoms with van der Waals surface area (Å²) >= 11 is 0. The maximum Gasteiger partial charge on any atom is 0.0906 e. The first-order valence-corrected chi connectivity index (χ1v) is 5.88. The van der Waals surface area contributed by atoms with Crippen LogP contribution in [0.3, 0.4) is 0 Å². The van der Waals surface area contributed by atoms with E-state index in [1.807, 2.05) is 0 Å². The number of halogens is 1. The second-order valence-corrected chi connectivity index (χ2v) is 4.07. The van der Waals surface area contributed by atoms with Crippen LogP contribution in [0.4, 0.5) is 4.39 Å². The quantitative estimate of drug-likeness (QED) is 0.616. The van der Waals surface area contributed by atoms with Crippen molar-refractivity contribution in [2.75, 3.05) is 46.6 Å². The zero-order valence-electron chi connectivity index (χ0n) is 9.67. The van der Waals surface area contributed by atoms with Crippen LogP contribution in [0.5, 0.6) is 0 Å². The summed E-state index contributed by atoms with van der Waals surface area (Å²) in [5, 5.41) is 3.37. The lowest BCUT2D eigenvalue weighted by molar-refractivity contribution is 0.191. The molecule has 0 aromatic carbocycles. The van der Waals surface area contributed by atoms with Crippen molar-refractivity contribution in [2.24, 2.45) is 0 Å². The molecule has 1 heterocycles. The van der Waals surface area contributed by atoms with Crippen LogP contribution in [0.15, 0.2) is 0 Å². The molecule has 0 spiro atoms. The maximum atomic E-state index is 12.1. The Morgan fingerprint density at radius 2 is 2.40 bits per heavy atom. The minimum Gasteiger partial charge on any atom is -0.383 e. The SMILES string of the molecule is COCCNCC1CCCN1CCCF. The highest BCUT2D eigenvalue weighted by Crippen LogP contribution is 2.16. The zero-order chi connectivity index (χ0) is 10.9. The Labute approximate surface area is 92.0 Å². The molecule has 15 heavy (non-hydrogen) atoms. The van der Waals surface area contributed by atoms with Gasteiger partial charge in [-0.2, -0.15) is 0 Å². The van der Waals surface area contributed by atoms with Crippen LogP contribution in [0.25, 0.3) is 0 Å². The molecule has 1 atom stereocenters. The van der Waals surface area contributed by atoms with Gasteiger partial charge in [-0.1, -0.05) is 0 Å². The molecule has 0 aliphatic carbocycles. The van der Waals surface area contributed by atoms with Crippen molar-refractivity contribution in [1.82, 2.24) is 10.2 Å². The summed E-state index contributed by atoms with van der Waals surface area (Å²) < 4.78 is 17.0. The number of alkyl halides is 1. The van der Waals surface area contributed by atoms with E-state index in [1.165, 1.54) is 12.8 Å². The van der Waals surface area contributed by atoms with E-state index in [9.17, 15) is 4.39 Å². The second kappa shape index (κ2) is 8.02. The molecular formula is C11H23FN2O. The maximum absolute atomic E-state index is 12.1. The van der Waals surface area contributed by atoms with Gasteiger partial charge in [-0.05, 0) is 25.8 Å². The monoisotopic (exact) mass is 218 g/mol. The first kappa shape index (κ1) is 12.9. The zero-order valence-corrected chi connectivity index (χ0v) is 9.67. The number of hydrogen-bond donors (Lipinski definition) is 1. The van der Waals surface area contributed by atoms with Gasteiger partial charge in [-0.3, -0.25) is 9.29 Å². The van der Waals surface area contributed by atoms with Crippen molar-refractivity contribution in [3.8, 4) is 0 Å². The fraction of sp³-hybridized carbons (Fsp3) is 1.00. The van der Waals surface area contributed by atoms with E-state index in [0.717, 1.165) is 32.8 Å². The van der Waals surface area contributed by atoms with E-state index in [4.69, 9.17) is 4.74 Å². The highest BCUT2D eigenvalue weighted by atomic mass is 19.1. The molecule has 0 bridgehead atoms. The number of nitrogens with zero attached hydrogens (tertiary/aromatic N) is 1. The van der Waals surface area contributed by atoms with Crippen LogP contribution in [0.2, 0.25) is 0 Å². The third-order valence-electron chi connectivity index (χ3n) is 2.94. The van der Waals surface area contributed by atoms with Crippen molar-refractivity contribution >= 4 is 0 Å². The summed E-state index contributed by atoms with van der Waals surface area (Å²) in [4.78, 5) is 2.40. The first-order valence-electron chi connectivity index (χ1n) is 5.88. The van der Waals surface area contributed by atoms with Crippen molar-refractivity contribution in [3.63, 3.8) is 0 Å². The topological polar surface area (TPSA) is 24.5 Å². The number of rotatable bonds is 8. The van der Waals surface area contributed by atoms with Gasteiger partial charge in [-0.25, -0.2) is 0 Å². The van der Waals surface area contributed by atoms with E-state index in [1.54, 1.807) is 7.11 Å². The van der Waals surface area contributed by atoms with Crippen LogP contribution in [0.1, 0.15) is 19.3 Å². The fourth-order valence-electron chi connectivity index (χ4n) is 2.13. The Morgan fingerprint density at radius 3 is 3.13 bits per heavy atom. The number of likely N-dealkylation sites (tertiary alicyclic amines) is 1. The standard InChI is InChI=1S/C11H23FN2O/c1-15-9-6-13-10-11-4-2-7-14(11)8-3-5-12/h11,13H,2-10H2,1H3. The van der Waals surface area contributed by atoms with E-state index >= 15 is 0 Å². The van der Waals surface area contributed by atoms with Gasteiger partial charge in [-0.15, -0.1) is 0 Å². The summed E-state index contributed by atoms with van der Waals surface area (Å²) in [6.07, 6.45) is 3.17. The molecule has 0 aromatic rings. The molecule has 1 aliphatic heterocycles. The molecule has 1 aliphatic rings. The summed E-state index contributed by atoms with van der Waals surface area (Å²) in [6, 6.07) is 0.605. The largest absolute Gasteiger partial charge is 0.383 e. The van der Waals surface area contributed by atoms with Gasteiger partial charge in [0.2, 0.25) is 0 Å². The van der Waals surface area contributed by atoms with E-state index in [-0.39, 0.29) is 6.67 Å². The molecule has 0 aromatic heterocycles.